The Bertz CT molecular complexity index is 321. The third-order valence-electron chi connectivity index (χ3n) is 3.96. The van der Waals surface area contributed by atoms with Gasteiger partial charge < -0.3 is 15.5 Å². The Morgan fingerprint density at radius 2 is 1.80 bits per heavy atom. The van der Waals surface area contributed by atoms with Crippen LogP contribution in [0.4, 0.5) is 0 Å². The Hall–Kier alpha value is -1.14. The molecule has 1 aliphatic heterocycles. The van der Waals surface area contributed by atoms with Crippen molar-refractivity contribution in [2.45, 2.75) is 19.8 Å². The summed E-state index contributed by atoms with van der Waals surface area (Å²) in [4.78, 5) is 29.4. The molecule has 6 nitrogen and oxygen atoms in total. The highest BCUT2D eigenvalue weighted by Crippen LogP contribution is 2.11. The number of likely N-dealkylation sites (N-methyl/N-ethyl adjacent to an activating group) is 1. The summed E-state index contributed by atoms with van der Waals surface area (Å²) in [5.74, 6) is 0.593. The Balaban J connectivity index is 2.34. The van der Waals surface area contributed by atoms with E-state index in [9.17, 15) is 9.59 Å². The van der Waals surface area contributed by atoms with Gasteiger partial charge in [0.15, 0.2) is 0 Å². The predicted molar refractivity (Wildman–Crippen MR) is 79.2 cm³/mol. The first-order valence-corrected chi connectivity index (χ1v) is 7.38. The molecule has 1 unspecified atom stereocenters. The lowest BCUT2D eigenvalue weighted by Crippen LogP contribution is -2.51. The normalized spacial score (nSPS) is 17.9. The molecule has 1 atom stereocenters. The lowest BCUT2D eigenvalue weighted by molar-refractivity contribution is -0.135. The molecule has 116 valence electrons. The van der Waals surface area contributed by atoms with Crippen LogP contribution in [0.5, 0.6) is 0 Å². The third-order valence-corrected chi connectivity index (χ3v) is 3.96. The number of rotatable bonds is 6. The molecule has 0 aromatic rings. The van der Waals surface area contributed by atoms with Crippen molar-refractivity contribution in [3.8, 4) is 0 Å². The third kappa shape index (κ3) is 5.09. The van der Waals surface area contributed by atoms with Crippen molar-refractivity contribution < 1.29 is 9.59 Å². The molecule has 2 N–H and O–H groups in total. The van der Waals surface area contributed by atoms with Crippen molar-refractivity contribution in [3.63, 3.8) is 0 Å². The van der Waals surface area contributed by atoms with Gasteiger partial charge in [-0.05, 0) is 12.5 Å². The van der Waals surface area contributed by atoms with Crippen molar-refractivity contribution in [3.05, 3.63) is 0 Å². The van der Waals surface area contributed by atoms with Crippen LogP contribution >= 0.6 is 0 Å². The van der Waals surface area contributed by atoms with Crippen LogP contribution in [-0.4, -0.2) is 79.9 Å². The number of hydrogen-bond donors (Lipinski definition) is 1. The minimum atomic E-state index is 0.110. The van der Waals surface area contributed by atoms with Gasteiger partial charge in [0.05, 0.1) is 6.54 Å². The molecule has 1 fully saturated rings. The molecule has 20 heavy (non-hydrogen) atoms. The zero-order valence-electron chi connectivity index (χ0n) is 13.0. The van der Waals surface area contributed by atoms with Crippen LogP contribution in [0.25, 0.3) is 0 Å². The van der Waals surface area contributed by atoms with Gasteiger partial charge in [0.25, 0.3) is 0 Å². The summed E-state index contributed by atoms with van der Waals surface area (Å²) in [6, 6.07) is 0. The molecule has 1 saturated heterocycles. The van der Waals surface area contributed by atoms with Gasteiger partial charge in [-0.2, -0.15) is 0 Å². The minimum absolute atomic E-state index is 0.110. The van der Waals surface area contributed by atoms with E-state index in [2.05, 4.69) is 11.8 Å². The van der Waals surface area contributed by atoms with Crippen LogP contribution in [0.3, 0.4) is 0 Å². The summed E-state index contributed by atoms with van der Waals surface area (Å²) in [6.45, 7) is 6.03. The number of piperazine rings is 1. The summed E-state index contributed by atoms with van der Waals surface area (Å²) in [7, 11) is 3.53. The van der Waals surface area contributed by atoms with E-state index in [0.29, 0.717) is 32.6 Å². The summed E-state index contributed by atoms with van der Waals surface area (Å²) in [5.41, 5.74) is 5.65. The molecule has 0 radical (unpaired) electrons. The molecule has 0 aromatic heterocycles. The predicted octanol–water partition coefficient (Wildman–Crippen LogP) is -0.406. The van der Waals surface area contributed by atoms with Crippen molar-refractivity contribution in [1.29, 1.82) is 0 Å². The lowest BCUT2D eigenvalue weighted by Gasteiger charge is -2.35. The molecule has 1 aliphatic rings. The number of nitrogens with zero attached hydrogens (tertiary/aromatic N) is 3. The summed E-state index contributed by atoms with van der Waals surface area (Å²) in [5, 5.41) is 0. The molecule has 0 spiro atoms. The van der Waals surface area contributed by atoms with Gasteiger partial charge in [0, 0.05) is 46.7 Å². The van der Waals surface area contributed by atoms with E-state index < -0.39 is 0 Å². The molecule has 0 bridgehead atoms. The highest BCUT2D eigenvalue weighted by atomic mass is 16.2. The van der Waals surface area contributed by atoms with E-state index in [4.69, 9.17) is 5.73 Å². The molecule has 2 amide bonds. The first kappa shape index (κ1) is 16.9. The van der Waals surface area contributed by atoms with Crippen LogP contribution in [0.15, 0.2) is 0 Å². The van der Waals surface area contributed by atoms with Crippen molar-refractivity contribution in [2.24, 2.45) is 11.7 Å². The minimum Gasteiger partial charge on any atom is -0.348 e. The van der Waals surface area contributed by atoms with E-state index in [-0.39, 0.29) is 17.7 Å². The number of carbonyl (C=O) groups excluding carboxylic acids is 2. The second kappa shape index (κ2) is 8.21. The fraction of sp³-hybridized carbons (Fsp3) is 0.857. The molecule has 1 rings (SSSR count). The summed E-state index contributed by atoms with van der Waals surface area (Å²) < 4.78 is 0. The van der Waals surface area contributed by atoms with Gasteiger partial charge in [-0.3, -0.25) is 14.5 Å². The van der Waals surface area contributed by atoms with Crippen LogP contribution < -0.4 is 5.73 Å². The fourth-order valence-electron chi connectivity index (χ4n) is 2.26. The van der Waals surface area contributed by atoms with Gasteiger partial charge >= 0.3 is 0 Å². The van der Waals surface area contributed by atoms with Crippen molar-refractivity contribution in [1.82, 2.24) is 14.7 Å². The van der Waals surface area contributed by atoms with Gasteiger partial charge in [-0.25, -0.2) is 0 Å². The van der Waals surface area contributed by atoms with E-state index >= 15 is 0 Å². The Morgan fingerprint density at radius 1 is 1.20 bits per heavy atom. The molecule has 0 aliphatic carbocycles. The quantitative estimate of drug-likeness (QED) is 0.720. The van der Waals surface area contributed by atoms with E-state index in [1.807, 2.05) is 4.90 Å². The largest absolute Gasteiger partial charge is 0.348 e. The number of nitrogens with two attached hydrogens (primary N) is 1. The zero-order chi connectivity index (χ0) is 15.1. The molecule has 0 saturated carbocycles. The maximum Gasteiger partial charge on any atom is 0.236 e. The number of carbonyl (C=O) groups is 2. The average Bonchev–Trinajstić information content (AvgIpc) is 2.45. The smallest absolute Gasteiger partial charge is 0.236 e. The first-order valence-electron chi connectivity index (χ1n) is 7.38. The topological polar surface area (TPSA) is 69.9 Å². The second-order valence-electron chi connectivity index (χ2n) is 5.66. The maximum absolute atomic E-state index is 12.1. The van der Waals surface area contributed by atoms with E-state index in [1.54, 1.807) is 19.0 Å². The van der Waals surface area contributed by atoms with Gasteiger partial charge in [0.1, 0.15) is 0 Å². The van der Waals surface area contributed by atoms with Crippen LogP contribution in [0.1, 0.15) is 19.8 Å². The van der Waals surface area contributed by atoms with Crippen LogP contribution in [-0.2, 0) is 9.59 Å². The monoisotopic (exact) mass is 284 g/mol. The standard InChI is InChI=1S/C14H28N4O2/c1-4-12(10-15)9-13(19)18-7-5-17(6-8-18)11-14(20)16(2)3/h12H,4-11,15H2,1-3H3. The van der Waals surface area contributed by atoms with E-state index in [1.165, 1.54) is 0 Å². The fourth-order valence-corrected chi connectivity index (χ4v) is 2.26. The lowest BCUT2D eigenvalue weighted by atomic mass is 10.0. The molecular weight excluding hydrogens is 256 g/mol. The Kier molecular flexibility index (Phi) is 6.95. The first-order chi connectivity index (χ1) is 9.47. The summed E-state index contributed by atoms with van der Waals surface area (Å²) in [6.07, 6.45) is 1.49. The highest BCUT2D eigenvalue weighted by molar-refractivity contribution is 5.78. The Labute approximate surface area is 121 Å². The molecule has 1 heterocycles. The SMILES string of the molecule is CCC(CN)CC(=O)N1CCN(CC(=O)N(C)C)CC1. The zero-order valence-corrected chi connectivity index (χ0v) is 13.0. The molecular formula is C14H28N4O2. The van der Waals surface area contributed by atoms with E-state index in [0.717, 1.165) is 19.5 Å². The highest BCUT2D eigenvalue weighted by Gasteiger charge is 2.23. The molecule has 6 heteroatoms. The number of hydrogen-bond acceptors (Lipinski definition) is 4. The van der Waals surface area contributed by atoms with Gasteiger partial charge in [0.2, 0.25) is 11.8 Å². The van der Waals surface area contributed by atoms with Crippen molar-refractivity contribution >= 4 is 11.8 Å². The van der Waals surface area contributed by atoms with Crippen LogP contribution in [0, 0.1) is 5.92 Å². The second-order valence-corrected chi connectivity index (χ2v) is 5.66. The van der Waals surface area contributed by atoms with Gasteiger partial charge in [-0.1, -0.05) is 13.3 Å². The van der Waals surface area contributed by atoms with Gasteiger partial charge in [-0.15, -0.1) is 0 Å². The Morgan fingerprint density at radius 3 is 2.25 bits per heavy atom. The number of amides is 2. The van der Waals surface area contributed by atoms with Crippen molar-refractivity contribution in [2.75, 3.05) is 53.4 Å². The van der Waals surface area contributed by atoms with Crippen LogP contribution in [0.2, 0.25) is 0 Å². The average molecular weight is 284 g/mol. The summed E-state index contributed by atoms with van der Waals surface area (Å²) >= 11 is 0. The maximum atomic E-state index is 12.1. The molecule has 0 aromatic carbocycles.